The summed E-state index contributed by atoms with van der Waals surface area (Å²) in [5.74, 6) is 0. The van der Waals surface area contributed by atoms with Crippen LogP contribution in [0, 0.1) is 0 Å². The molecule has 0 unspecified atom stereocenters. The zero-order valence-corrected chi connectivity index (χ0v) is 9.50. The van der Waals surface area contributed by atoms with Crippen molar-refractivity contribution in [3.8, 4) is 0 Å². The summed E-state index contributed by atoms with van der Waals surface area (Å²) in [6, 6.07) is 0. The molecule has 0 radical (unpaired) electrons. The van der Waals surface area contributed by atoms with E-state index in [1.165, 1.54) is 33.1 Å². The van der Waals surface area contributed by atoms with E-state index in [0.29, 0.717) is 0 Å². The van der Waals surface area contributed by atoms with Crippen LogP contribution in [-0.2, 0) is 23.6 Å². The smallest absolute Gasteiger partial charge is 0.374 e. The van der Waals surface area contributed by atoms with Gasteiger partial charge in [0.15, 0.2) is 0 Å². The van der Waals surface area contributed by atoms with Crippen molar-refractivity contribution in [2.24, 2.45) is 0 Å². The van der Waals surface area contributed by atoms with Crippen LogP contribution in [0.5, 0.6) is 0 Å². The summed E-state index contributed by atoms with van der Waals surface area (Å²) in [6.45, 7) is 0. The quantitative estimate of drug-likeness (QED) is 0.362. The Hall–Kier alpha value is -0.473. The van der Waals surface area contributed by atoms with E-state index in [0.717, 1.165) is 5.37 Å². The zero-order valence-electron chi connectivity index (χ0n) is 7.68. The van der Waals surface area contributed by atoms with Crippen molar-refractivity contribution in [2.75, 3.05) is 21.3 Å². The lowest BCUT2D eigenvalue weighted by Crippen LogP contribution is -2.40. The van der Waals surface area contributed by atoms with Crippen LogP contribution in [0.3, 0.4) is 0 Å². The number of hydrogen-bond acceptors (Lipinski definition) is 5. The SMILES string of the molecule is CO[Si](C=CC=S(=O)=O)(OC)OC. The van der Waals surface area contributed by atoms with Crippen LogP contribution < -0.4 is 0 Å². The Morgan fingerprint density at radius 1 is 1.08 bits per heavy atom. The van der Waals surface area contributed by atoms with Crippen molar-refractivity contribution >= 4 is 24.5 Å². The first-order chi connectivity index (χ1) is 6.10. The summed E-state index contributed by atoms with van der Waals surface area (Å²) in [6.07, 6.45) is 1.33. The molecule has 5 nitrogen and oxygen atoms in total. The van der Waals surface area contributed by atoms with Gasteiger partial charge in [0, 0.05) is 21.3 Å². The number of rotatable bonds is 5. The molecule has 0 aliphatic heterocycles. The second-order valence-electron chi connectivity index (χ2n) is 1.97. The highest BCUT2D eigenvalue weighted by atomic mass is 32.2. The van der Waals surface area contributed by atoms with Crippen molar-refractivity contribution in [3.05, 3.63) is 11.8 Å². The Morgan fingerprint density at radius 2 is 1.54 bits per heavy atom. The first-order valence-corrected chi connectivity index (χ1v) is 6.30. The Bertz CT molecular complexity index is 274. The highest BCUT2D eigenvalue weighted by Crippen LogP contribution is 2.06. The van der Waals surface area contributed by atoms with Gasteiger partial charge in [-0.25, -0.2) is 0 Å². The molecule has 0 aliphatic rings. The maximum atomic E-state index is 10.1. The predicted molar refractivity (Wildman–Crippen MR) is 50.9 cm³/mol. The molecular weight excluding hydrogens is 212 g/mol. The minimum absolute atomic E-state index is 0.985. The molecule has 0 aliphatic carbocycles. The van der Waals surface area contributed by atoms with Crippen LogP contribution in [-0.4, -0.2) is 43.9 Å². The topological polar surface area (TPSA) is 61.8 Å². The molecule has 13 heavy (non-hydrogen) atoms. The fraction of sp³-hybridized carbons (Fsp3) is 0.500. The molecule has 0 aromatic rings. The largest absolute Gasteiger partial charge is 0.528 e. The van der Waals surface area contributed by atoms with Gasteiger partial charge in [-0.15, -0.1) is 0 Å². The molecule has 0 bridgehead atoms. The maximum absolute atomic E-state index is 10.1. The third-order valence-electron chi connectivity index (χ3n) is 1.34. The van der Waals surface area contributed by atoms with E-state index in [9.17, 15) is 8.42 Å². The Kier molecular flexibility index (Phi) is 5.83. The fourth-order valence-corrected chi connectivity index (χ4v) is 2.26. The summed E-state index contributed by atoms with van der Waals surface area (Å²) in [4.78, 5) is 0. The normalized spacial score (nSPS) is 11.9. The van der Waals surface area contributed by atoms with Gasteiger partial charge in [0.05, 0.1) is 5.37 Å². The molecule has 0 rings (SSSR count). The molecule has 0 amide bonds. The maximum Gasteiger partial charge on any atom is 0.528 e. The van der Waals surface area contributed by atoms with E-state index >= 15 is 0 Å². The Labute approximate surface area is 79.8 Å². The minimum atomic E-state index is -2.77. The van der Waals surface area contributed by atoms with E-state index in [-0.39, 0.29) is 0 Å². The lowest BCUT2D eigenvalue weighted by molar-refractivity contribution is 0.138. The minimum Gasteiger partial charge on any atom is -0.374 e. The van der Waals surface area contributed by atoms with Gasteiger partial charge in [-0.1, -0.05) is 0 Å². The lowest BCUT2D eigenvalue weighted by Gasteiger charge is -2.19. The Balaban J connectivity index is 4.59. The van der Waals surface area contributed by atoms with Crippen LogP contribution >= 0.6 is 0 Å². The third-order valence-corrected chi connectivity index (χ3v) is 4.03. The van der Waals surface area contributed by atoms with E-state index in [2.05, 4.69) is 0 Å². The zero-order chi connectivity index (χ0) is 10.3. The molecule has 0 fully saturated rings. The van der Waals surface area contributed by atoms with Crippen LogP contribution in [0.1, 0.15) is 0 Å². The average Bonchev–Trinajstić information content (AvgIpc) is 2.13. The van der Waals surface area contributed by atoms with Crippen molar-refractivity contribution in [3.63, 3.8) is 0 Å². The van der Waals surface area contributed by atoms with Crippen molar-refractivity contribution in [1.82, 2.24) is 0 Å². The molecule has 0 saturated heterocycles. The average molecular weight is 224 g/mol. The molecular formula is C6H12O5SSi. The molecule has 0 N–H and O–H groups in total. The lowest BCUT2D eigenvalue weighted by atomic mass is 10.8. The second kappa shape index (κ2) is 6.05. The van der Waals surface area contributed by atoms with Gasteiger partial charge in [0.2, 0.25) is 10.3 Å². The van der Waals surface area contributed by atoms with E-state index in [1.807, 2.05) is 0 Å². The van der Waals surface area contributed by atoms with Crippen LogP contribution in [0.25, 0.3) is 0 Å². The van der Waals surface area contributed by atoms with Gasteiger partial charge in [-0.3, -0.25) is 0 Å². The number of hydrogen-bond donors (Lipinski definition) is 0. The molecule has 0 spiro atoms. The molecule has 0 aromatic heterocycles. The van der Waals surface area contributed by atoms with Crippen LogP contribution in [0.4, 0.5) is 0 Å². The van der Waals surface area contributed by atoms with Crippen LogP contribution in [0.2, 0.25) is 0 Å². The fourth-order valence-electron chi connectivity index (χ4n) is 0.675. The van der Waals surface area contributed by atoms with E-state index in [4.69, 9.17) is 13.3 Å². The molecule has 7 heteroatoms. The summed E-state index contributed by atoms with van der Waals surface area (Å²) in [5.41, 5.74) is 1.48. The van der Waals surface area contributed by atoms with Gasteiger partial charge in [0.1, 0.15) is 0 Å². The second-order valence-corrected chi connectivity index (χ2v) is 5.53. The van der Waals surface area contributed by atoms with Crippen molar-refractivity contribution in [2.45, 2.75) is 0 Å². The summed E-state index contributed by atoms with van der Waals surface area (Å²) in [7, 11) is -0.655. The summed E-state index contributed by atoms with van der Waals surface area (Å²) in [5, 5.41) is 0.985. The van der Waals surface area contributed by atoms with Crippen molar-refractivity contribution < 1.29 is 21.7 Å². The van der Waals surface area contributed by atoms with E-state index < -0.39 is 19.1 Å². The van der Waals surface area contributed by atoms with Crippen LogP contribution in [0.15, 0.2) is 11.8 Å². The van der Waals surface area contributed by atoms with Gasteiger partial charge >= 0.3 is 8.80 Å². The van der Waals surface area contributed by atoms with Gasteiger partial charge in [0.25, 0.3) is 0 Å². The third kappa shape index (κ3) is 4.34. The molecule has 0 atom stereocenters. The van der Waals surface area contributed by atoms with Crippen molar-refractivity contribution in [1.29, 1.82) is 0 Å². The van der Waals surface area contributed by atoms with Gasteiger partial charge in [-0.2, -0.15) is 8.42 Å². The highest BCUT2D eigenvalue weighted by molar-refractivity contribution is 7.71. The molecule has 0 saturated carbocycles. The molecule has 0 aromatic carbocycles. The van der Waals surface area contributed by atoms with Gasteiger partial charge < -0.3 is 13.3 Å². The monoisotopic (exact) mass is 224 g/mol. The highest BCUT2D eigenvalue weighted by Gasteiger charge is 2.33. The van der Waals surface area contributed by atoms with Gasteiger partial charge in [-0.05, 0) is 11.8 Å². The summed E-state index contributed by atoms with van der Waals surface area (Å²) < 4.78 is 35.3. The molecule has 76 valence electrons. The standard InChI is InChI=1S/C6H12O5SSi/c1-9-13(10-2,11-3)6-4-5-12(7)8/h4-6H,1-3H3. The predicted octanol–water partition coefficient (Wildman–Crippen LogP) is -0.359. The molecule has 0 heterocycles. The Morgan fingerprint density at radius 3 is 1.85 bits per heavy atom. The first-order valence-electron chi connectivity index (χ1n) is 3.36. The first kappa shape index (κ1) is 12.5. The summed E-state index contributed by atoms with van der Waals surface area (Å²) >= 11 is 0. The number of allylic oxidation sites excluding steroid dienone is 1. The van der Waals surface area contributed by atoms with E-state index in [1.54, 1.807) is 0 Å².